The number of aliphatic carboxylic acids is 2. The molecule has 370 valence electrons. The average molecular weight is 924 g/mol. The number of benzene rings is 1. The quantitative estimate of drug-likeness (QED) is 0.0470. The molecule has 12 atom stereocenters. The molecule has 0 saturated heterocycles. The second-order valence-corrected chi connectivity index (χ2v) is 21.2. The number of hydrogen-bond acceptors (Lipinski definition) is 10. The van der Waals surface area contributed by atoms with Crippen LogP contribution in [-0.4, -0.2) is 118 Å². The molecule has 0 radical (unpaired) electrons. The maximum atomic E-state index is 13.1. The zero-order valence-electron chi connectivity index (χ0n) is 40.4. The molecule has 9 N–H and O–H groups in total. The van der Waals surface area contributed by atoms with Crippen LogP contribution in [0.1, 0.15) is 148 Å². The van der Waals surface area contributed by atoms with E-state index in [1.807, 2.05) is 24.1 Å². The number of carboxylic acids is 2. The lowest BCUT2D eigenvalue weighted by atomic mass is 9.44. The van der Waals surface area contributed by atoms with Crippen LogP contribution in [-0.2, 0) is 30.5 Å². The molecule has 66 heavy (non-hydrogen) atoms. The number of hydrogen-bond donors (Lipinski definition) is 9. The minimum atomic E-state index is -1.56. The molecule has 1 aromatic carbocycles. The third-order valence-corrected chi connectivity index (χ3v) is 17.1. The molecule has 16 heteroatoms. The van der Waals surface area contributed by atoms with Crippen molar-refractivity contribution in [1.29, 1.82) is 0 Å². The van der Waals surface area contributed by atoms with E-state index in [1.165, 1.54) is 38.5 Å². The molecule has 4 saturated carbocycles. The lowest BCUT2D eigenvalue weighted by molar-refractivity contribution is -0.142. The molecule has 0 aliphatic heterocycles. The number of aliphatic hydroxyl groups excluding tert-OH is 1. The van der Waals surface area contributed by atoms with Crippen molar-refractivity contribution in [3.8, 4) is 0 Å². The Morgan fingerprint density at radius 1 is 0.773 bits per heavy atom. The Balaban J connectivity index is 0.950. The first-order chi connectivity index (χ1) is 31.4. The smallest absolute Gasteiger partial charge is 0.480 e. The predicted molar refractivity (Wildman–Crippen MR) is 254 cm³/mol. The molecule has 1 aromatic rings. The molecule has 4 aliphatic carbocycles. The highest BCUT2D eigenvalue weighted by Gasteiger charge is 2.60. The minimum absolute atomic E-state index is 0.0280. The van der Waals surface area contributed by atoms with E-state index in [2.05, 4.69) is 42.0 Å². The van der Waals surface area contributed by atoms with Gasteiger partial charge in [-0.2, -0.15) is 0 Å². The van der Waals surface area contributed by atoms with Crippen LogP contribution in [0.5, 0.6) is 0 Å². The van der Waals surface area contributed by atoms with E-state index in [0.717, 1.165) is 36.7 Å². The van der Waals surface area contributed by atoms with Crippen molar-refractivity contribution in [2.75, 3.05) is 27.2 Å². The molecule has 0 spiro atoms. The Kier molecular flexibility index (Phi) is 19.9. The van der Waals surface area contributed by atoms with Gasteiger partial charge in [0.25, 0.3) is 0 Å². The number of carboxylic acid groups (broad SMARTS) is 2. The molecule has 4 aliphatic rings. The maximum absolute atomic E-state index is 13.1. The second-order valence-electron chi connectivity index (χ2n) is 21.2. The summed E-state index contributed by atoms with van der Waals surface area (Å²) in [6.07, 6.45) is 14.2. The van der Waals surface area contributed by atoms with Gasteiger partial charge in [0, 0.05) is 25.9 Å². The number of carbonyl (C=O) groups excluding carboxylic acids is 3. The zero-order valence-corrected chi connectivity index (χ0v) is 40.4. The van der Waals surface area contributed by atoms with E-state index >= 15 is 0 Å². The number of carbonyl (C=O) groups is 5. The number of amides is 3. The normalized spacial score (nSPS) is 28.7. The van der Waals surface area contributed by atoms with Crippen LogP contribution in [0.3, 0.4) is 0 Å². The van der Waals surface area contributed by atoms with E-state index in [1.54, 1.807) is 19.2 Å². The number of nitrogens with one attached hydrogen (secondary N) is 4. The van der Waals surface area contributed by atoms with Gasteiger partial charge in [0.15, 0.2) is 0 Å². The van der Waals surface area contributed by atoms with Crippen molar-refractivity contribution >= 4 is 42.2 Å². The Labute approximate surface area is 393 Å². The number of likely N-dealkylation sites (N-methyl/N-ethyl adjacent to an activating group) is 1. The van der Waals surface area contributed by atoms with Gasteiger partial charge in [-0.25, -0.2) is 9.59 Å². The predicted octanol–water partition coefficient (Wildman–Crippen LogP) is 4.20. The Hall–Kier alpha value is -3.57. The molecule has 5 rings (SSSR count). The van der Waals surface area contributed by atoms with Crippen molar-refractivity contribution in [3.05, 3.63) is 29.8 Å². The summed E-state index contributed by atoms with van der Waals surface area (Å²) >= 11 is 0. The van der Waals surface area contributed by atoms with Crippen molar-refractivity contribution < 1.29 is 49.3 Å². The fourth-order valence-electron chi connectivity index (χ4n) is 13.3. The Bertz CT molecular complexity index is 1790. The van der Waals surface area contributed by atoms with Gasteiger partial charge in [0.1, 0.15) is 12.1 Å². The molecule has 0 bridgehead atoms. The fourth-order valence-corrected chi connectivity index (χ4v) is 13.3. The Morgan fingerprint density at radius 2 is 1.42 bits per heavy atom. The molecule has 4 fully saturated rings. The summed E-state index contributed by atoms with van der Waals surface area (Å²) in [4.78, 5) is 65.0. The molecule has 3 amide bonds. The summed E-state index contributed by atoms with van der Waals surface area (Å²) in [6, 6.07) is 4.24. The topological polar surface area (TPSA) is 238 Å². The number of unbranched alkanes of at least 4 members (excludes halogenated alkanes) is 2. The number of rotatable bonds is 26. The third-order valence-electron chi connectivity index (χ3n) is 17.1. The summed E-state index contributed by atoms with van der Waals surface area (Å²) in [5, 5.41) is 60.5. The SMILES string of the molecule is CNC(CCCCNC(=O)CCC(NC(=O)CCC(C)C1CCC2C3CC[C@H]4C[C@@H](O)CC[C@@]4(C)C3CC[C@@]12C)C(=O)O)C(=O)NC(CCCCN(C)Cc1ccccc1B(O)O)C(=O)O. The monoisotopic (exact) mass is 924 g/mol. The summed E-state index contributed by atoms with van der Waals surface area (Å²) in [7, 11) is 1.98. The standard InChI is InChI=1S/C50H82BN5O10/c1-32(37-19-20-38-36-18-17-34-30-35(57)24-26-49(34,2)39(36)25-27-50(37,38)3)16-22-45(59)54-43(48(63)64)21-23-44(58)53-28-10-8-14-41(52-4)46(60)55-42(47(61)62)15-9-11-29-56(5)31-33-12-6-7-13-40(33)51(65)66/h6-7,12-13,32,34-39,41-43,52,57,65-66H,8-11,14-31H2,1-5H3,(H,53,58)(H,54,59)(H,55,60)(H,61,62)(H,63,64)/t32?,34-,35-,36?,37?,38?,39?,41?,42?,43?,49+,50-/m0/s1. The van der Waals surface area contributed by atoms with Crippen LogP contribution in [0, 0.1) is 46.3 Å². The minimum Gasteiger partial charge on any atom is -0.480 e. The van der Waals surface area contributed by atoms with Gasteiger partial charge in [-0.15, -0.1) is 0 Å². The van der Waals surface area contributed by atoms with Crippen LogP contribution in [0.25, 0.3) is 0 Å². The van der Waals surface area contributed by atoms with E-state index in [4.69, 9.17) is 0 Å². The van der Waals surface area contributed by atoms with Gasteiger partial charge in [-0.3, -0.25) is 14.4 Å². The van der Waals surface area contributed by atoms with Gasteiger partial charge in [-0.1, -0.05) is 45.0 Å². The molecule has 15 nitrogen and oxygen atoms in total. The first-order valence-electron chi connectivity index (χ1n) is 25.2. The van der Waals surface area contributed by atoms with Crippen molar-refractivity contribution in [2.24, 2.45) is 46.3 Å². The number of nitrogens with zero attached hydrogens (tertiary/aromatic N) is 1. The maximum Gasteiger partial charge on any atom is 0.488 e. The summed E-state index contributed by atoms with van der Waals surface area (Å²) in [5.41, 5.74) is 1.84. The largest absolute Gasteiger partial charge is 0.488 e. The van der Waals surface area contributed by atoms with Crippen LogP contribution < -0.4 is 26.7 Å². The van der Waals surface area contributed by atoms with E-state index < -0.39 is 43.1 Å². The van der Waals surface area contributed by atoms with Crippen molar-refractivity contribution in [1.82, 2.24) is 26.2 Å². The van der Waals surface area contributed by atoms with Gasteiger partial charge in [0.2, 0.25) is 17.7 Å². The summed E-state index contributed by atoms with van der Waals surface area (Å²) in [6.45, 7) is 8.77. The Morgan fingerprint density at radius 3 is 2.14 bits per heavy atom. The molecular weight excluding hydrogens is 841 g/mol. The van der Waals surface area contributed by atoms with Gasteiger partial charge in [-0.05, 0) is 187 Å². The van der Waals surface area contributed by atoms with E-state index in [-0.39, 0.29) is 49.0 Å². The summed E-state index contributed by atoms with van der Waals surface area (Å²) in [5.74, 6) is 0.380. The average Bonchev–Trinajstić information content (AvgIpc) is 3.63. The highest BCUT2D eigenvalue weighted by molar-refractivity contribution is 6.59. The summed E-state index contributed by atoms with van der Waals surface area (Å²) < 4.78 is 0. The number of aliphatic hydroxyl groups is 1. The van der Waals surface area contributed by atoms with Crippen LogP contribution in [0.15, 0.2) is 24.3 Å². The fraction of sp³-hybridized carbons (Fsp3) is 0.780. The van der Waals surface area contributed by atoms with E-state index in [9.17, 15) is 49.3 Å². The molecule has 8 unspecified atom stereocenters. The van der Waals surface area contributed by atoms with E-state index in [0.29, 0.717) is 92.7 Å². The van der Waals surface area contributed by atoms with Gasteiger partial charge in [0.05, 0.1) is 12.1 Å². The second kappa shape index (κ2) is 24.6. The molecular formula is C50H82BN5O10. The molecule has 0 aromatic heterocycles. The molecule has 0 heterocycles. The first-order valence-corrected chi connectivity index (χ1v) is 25.2. The first kappa shape index (κ1) is 53.4. The lowest BCUT2D eigenvalue weighted by Gasteiger charge is -2.61. The van der Waals surface area contributed by atoms with Crippen molar-refractivity contribution in [2.45, 2.75) is 174 Å². The highest BCUT2D eigenvalue weighted by atomic mass is 16.4. The van der Waals surface area contributed by atoms with Crippen molar-refractivity contribution in [3.63, 3.8) is 0 Å². The van der Waals surface area contributed by atoms with Gasteiger partial charge < -0.3 is 51.5 Å². The third kappa shape index (κ3) is 13.8. The van der Waals surface area contributed by atoms with Gasteiger partial charge >= 0.3 is 19.1 Å². The highest BCUT2D eigenvalue weighted by Crippen LogP contribution is 2.68. The lowest BCUT2D eigenvalue weighted by Crippen LogP contribution is -2.54. The number of fused-ring (bicyclic) bond motifs is 5. The van der Waals surface area contributed by atoms with Crippen LogP contribution in [0.2, 0.25) is 0 Å². The van der Waals surface area contributed by atoms with Crippen LogP contribution >= 0.6 is 0 Å². The van der Waals surface area contributed by atoms with Crippen LogP contribution in [0.4, 0.5) is 0 Å². The zero-order chi connectivity index (χ0) is 48.2.